The predicted molar refractivity (Wildman–Crippen MR) is 59.6 cm³/mol. The smallest absolute Gasteiger partial charge is 0.273 e. The topological polar surface area (TPSA) is 55.6 Å². The minimum Gasteiger partial charge on any atom is -0.489 e. The molecule has 16 heavy (non-hydrogen) atoms. The first-order valence-electron chi connectivity index (χ1n) is 5.25. The molecule has 1 unspecified atom stereocenters. The van der Waals surface area contributed by atoms with Gasteiger partial charge in [-0.2, -0.15) is 0 Å². The molecule has 0 saturated carbocycles. The van der Waals surface area contributed by atoms with Crippen molar-refractivity contribution in [2.75, 3.05) is 20.1 Å². The average molecular weight is 222 g/mol. The number of hydrogen-bond donors (Lipinski definition) is 0. The van der Waals surface area contributed by atoms with Crippen LogP contribution in [-0.4, -0.2) is 36.1 Å². The van der Waals surface area contributed by atoms with Crippen molar-refractivity contribution in [3.8, 4) is 5.75 Å². The molecule has 5 nitrogen and oxygen atoms in total. The molecule has 1 saturated heterocycles. The van der Waals surface area contributed by atoms with Crippen LogP contribution in [0.2, 0.25) is 0 Å². The van der Waals surface area contributed by atoms with E-state index in [1.807, 2.05) is 7.05 Å². The molecule has 1 fully saturated rings. The van der Waals surface area contributed by atoms with E-state index in [-0.39, 0.29) is 11.8 Å². The van der Waals surface area contributed by atoms with Gasteiger partial charge < -0.3 is 9.64 Å². The number of nitro groups is 1. The Labute approximate surface area is 93.8 Å². The molecule has 2 rings (SSSR count). The summed E-state index contributed by atoms with van der Waals surface area (Å²) in [6.07, 6.45) is 1.12. The van der Waals surface area contributed by atoms with Crippen LogP contribution >= 0.6 is 0 Å². The Kier molecular flexibility index (Phi) is 3.05. The Morgan fingerprint density at radius 3 is 3.00 bits per heavy atom. The van der Waals surface area contributed by atoms with E-state index in [1.165, 1.54) is 12.1 Å². The van der Waals surface area contributed by atoms with Crippen molar-refractivity contribution in [2.24, 2.45) is 0 Å². The molecule has 0 N–H and O–H groups in total. The Bertz CT molecular complexity index is 395. The van der Waals surface area contributed by atoms with Crippen LogP contribution < -0.4 is 4.74 Å². The molecule has 0 bridgehead atoms. The lowest BCUT2D eigenvalue weighted by atomic mass is 10.3. The standard InChI is InChI=1S/C11H14N2O3/c1-12-6-5-11(8-12)16-10-4-2-3-9(7-10)13(14)15/h2-4,7,11H,5-6,8H2,1H3. The third-order valence-electron chi connectivity index (χ3n) is 2.68. The number of rotatable bonds is 3. The van der Waals surface area contributed by atoms with Crippen LogP contribution in [0, 0.1) is 10.1 Å². The van der Waals surface area contributed by atoms with Crippen LogP contribution in [0.15, 0.2) is 24.3 Å². The van der Waals surface area contributed by atoms with Crippen molar-refractivity contribution < 1.29 is 9.66 Å². The molecule has 1 aromatic carbocycles. The third kappa shape index (κ3) is 2.49. The van der Waals surface area contributed by atoms with Crippen LogP contribution in [0.25, 0.3) is 0 Å². The fourth-order valence-electron chi connectivity index (χ4n) is 1.85. The summed E-state index contributed by atoms with van der Waals surface area (Å²) in [7, 11) is 2.04. The Morgan fingerprint density at radius 1 is 1.56 bits per heavy atom. The molecule has 0 amide bonds. The van der Waals surface area contributed by atoms with Gasteiger partial charge in [0.2, 0.25) is 0 Å². The molecule has 0 aromatic heterocycles. The molecule has 0 aliphatic carbocycles. The molecule has 0 spiro atoms. The van der Waals surface area contributed by atoms with Gasteiger partial charge in [0.25, 0.3) is 5.69 Å². The van der Waals surface area contributed by atoms with Gasteiger partial charge in [-0.25, -0.2) is 0 Å². The molecule has 86 valence electrons. The first-order chi connectivity index (χ1) is 7.65. The maximum atomic E-state index is 10.6. The summed E-state index contributed by atoms with van der Waals surface area (Å²) in [5, 5.41) is 10.6. The van der Waals surface area contributed by atoms with Crippen LogP contribution in [0.1, 0.15) is 6.42 Å². The molecular weight excluding hydrogens is 208 g/mol. The lowest BCUT2D eigenvalue weighted by molar-refractivity contribution is -0.384. The zero-order valence-corrected chi connectivity index (χ0v) is 9.13. The quantitative estimate of drug-likeness (QED) is 0.576. The Morgan fingerprint density at radius 2 is 2.38 bits per heavy atom. The molecule has 5 heteroatoms. The van der Waals surface area contributed by atoms with Gasteiger partial charge in [0, 0.05) is 19.2 Å². The molecule has 1 aromatic rings. The molecular formula is C11H14N2O3. The van der Waals surface area contributed by atoms with Crippen molar-refractivity contribution >= 4 is 5.69 Å². The number of nitro benzene ring substituents is 1. The monoisotopic (exact) mass is 222 g/mol. The first kappa shape index (κ1) is 10.9. The second kappa shape index (κ2) is 4.49. The molecule has 1 aliphatic rings. The highest BCUT2D eigenvalue weighted by Gasteiger charge is 2.21. The van der Waals surface area contributed by atoms with Crippen molar-refractivity contribution in [3.05, 3.63) is 34.4 Å². The van der Waals surface area contributed by atoms with Crippen molar-refractivity contribution in [3.63, 3.8) is 0 Å². The maximum absolute atomic E-state index is 10.6. The summed E-state index contributed by atoms with van der Waals surface area (Å²) in [5.74, 6) is 0.578. The van der Waals surface area contributed by atoms with E-state index in [0.29, 0.717) is 5.75 Å². The summed E-state index contributed by atoms with van der Waals surface area (Å²) >= 11 is 0. The first-order valence-corrected chi connectivity index (χ1v) is 5.25. The van der Waals surface area contributed by atoms with E-state index in [0.717, 1.165) is 19.5 Å². The minimum atomic E-state index is -0.409. The van der Waals surface area contributed by atoms with E-state index in [9.17, 15) is 10.1 Å². The summed E-state index contributed by atoms with van der Waals surface area (Å²) in [4.78, 5) is 12.4. The van der Waals surface area contributed by atoms with Crippen LogP contribution in [0.4, 0.5) is 5.69 Å². The minimum absolute atomic E-state index is 0.0730. The number of benzene rings is 1. The van der Waals surface area contributed by atoms with Crippen LogP contribution in [0.3, 0.4) is 0 Å². The fraction of sp³-hybridized carbons (Fsp3) is 0.455. The SMILES string of the molecule is CN1CCC(Oc2cccc([N+](=O)[O-])c2)C1. The second-order valence-electron chi connectivity index (χ2n) is 4.05. The normalized spacial score (nSPS) is 20.9. The summed E-state index contributed by atoms with van der Waals surface area (Å²) in [5.41, 5.74) is 0.0730. The van der Waals surface area contributed by atoms with Gasteiger partial charge in [-0.05, 0) is 19.5 Å². The highest BCUT2D eigenvalue weighted by atomic mass is 16.6. The molecule has 1 aliphatic heterocycles. The van der Waals surface area contributed by atoms with Gasteiger partial charge in [-0.1, -0.05) is 6.07 Å². The molecule has 0 radical (unpaired) electrons. The van der Waals surface area contributed by atoms with Crippen molar-refractivity contribution in [1.29, 1.82) is 0 Å². The lowest BCUT2D eigenvalue weighted by Crippen LogP contribution is -2.21. The van der Waals surface area contributed by atoms with Gasteiger partial charge in [-0.3, -0.25) is 10.1 Å². The third-order valence-corrected chi connectivity index (χ3v) is 2.68. The Balaban J connectivity index is 2.04. The second-order valence-corrected chi connectivity index (χ2v) is 4.05. The molecule has 1 heterocycles. The summed E-state index contributed by atoms with van der Waals surface area (Å²) in [6, 6.07) is 6.34. The largest absolute Gasteiger partial charge is 0.489 e. The number of likely N-dealkylation sites (tertiary alicyclic amines) is 1. The van der Waals surface area contributed by atoms with Gasteiger partial charge in [0.1, 0.15) is 11.9 Å². The number of ether oxygens (including phenoxy) is 1. The number of likely N-dealkylation sites (N-methyl/N-ethyl adjacent to an activating group) is 1. The maximum Gasteiger partial charge on any atom is 0.273 e. The van der Waals surface area contributed by atoms with E-state index >= 15 is 0 Å². The summed E-state index contributed by atoms with van der Waals surface area (Å²) in [6.45, 7) is 1.89. The highest BCUT2D eigenvalue weighted by Crippen LogP contribution is 2.22. The van der Waals surface area contributed by atoms with E-state index in [4.69, 9.17) is 4.74 Å². The van der Waals surface area contributed by atoms with Gasteiger partial charge in [-0.15, -0.1) is 0 Å². The van der Waals surface area contributed by atoms with Gasteiger partial charge >= 0.3 is 0 Å². The van der Waals surface area contributed by atoms with E-state index in [2.05, 4.69) is 4.90 Å². The lowest BCUT2D eigenvalue weighted by Gasteiger charge is -2.13. The highest BCUT2D eigenvalue weighted by molar-refractivity contribution is 5.38. The van der Waals surface area contributed by atoms with Gasteiger partial charge in [0.05, 0.1) is 11.0 Å². The zero-order valence-electron chi connectivity index (χ0n) is 9.13. The fourth-order valence-corrected chi connectivity index (χ4v) is 1.85. The average Bonchev–Trinajstić information content (AvgIpc) is 2.64. The number of nitrogens with zero attached hydrogens (tertiary/aromatic N) is 2. The number of hydrogen-bond acceptors (Lipinski definition) is 4. The van der Waals surface area contributed by atoms with Gasteiger partial charge in [0.15, 0.2) is 0 Å². The van der Waals surface area contributed by atoms with Crippen molar-refractivity contribution in [2.45, 2.75) is 12.5 Å². The van der Waals surface area contributed by atoms with Crippen LogP contribution in [0.5, 0.6) is 5.75 Å². The zero-order chi connectivity index (χ0) is 11.5. The molecule has 1 atom stereocenters. The van der Waals surface area contributed by atoms with E-state index in [1.54, 1.807) is 12.1 Å². The van der Waals surface area contributed by atoms with E-state index < -0.39 is 4.92 Å². The Hall–Kier alpha value is -1.62. The number of non-ortho nitro benzene ring substituents is 1. The van der Waals surface area contributed by atoms with Crippen molar-refractivity contribution in [1.82, 2.24) is 4.90 Å². The summed E-state index contributed by atoms with van der Waals surface area (Å²) < 4.78 is 5.69. The van der Waals surface area contributed by atoms with Crippen LogP contribution in [-0.2, 0) is 0 Å². The predicted octanol–water partition coefficient (Wildman–Crippen LogP) is 1.68.